The summed E-state index contributed by atoms with van der Waals surface area (Å²) in [4.78, 5) is 3.09. The summed E-state index contributed by atoms with van der Waals surface area (Å²) in [5.74, 6) is 0.679. The highest BCUT2D eigenvalue weighted by molar-refractivity contribution is 7.80. The van der Waals surface area contributed by atoms with E-state index in [1.54, 1.807) is 0 Å². The minimum absolute atomic E-state index is 0.628. The van der Waals surface area contributed by atoms with Gasteiger partial charge in [-0.15, -0.1) is 0 Å². The number of benzene rings is 1. The van der Waals surface area contributed by atoms with Crippen molar-refractivity contribution < 1.29 is 0 Å². The van der Waals surface area contributed by atoms with Crippen molar-refractivity contribution in [2.24, 2.45) is 5.73 Å². The molecule has 0 fully saturated rings. The van der Waals surface area contributed by atoms with Crippen LogP contribution < -0.4 is 10.6 Å². The monoisotopic (exact) mass is 248 g/mol. The molecule has 0 amide bonds. The van der Waals surface area contributed by atoms with Gasteiger partial charge in [0.1, 0.15) is 0 Å². The van der Waals surface area contributed by atoms with Crippen molar-refractivity contribution in [3.8, 4) is 0 Å². The Hall–Kier alpha value is -1.09. The van der Waals surface area contributed by atoms with Crippen LogP contribution in [0.3, 0.4) is 0 Å². The molecule has 0 radical (unpaired) electrons. The molecule has 0 aliphatic carbocycles. The van der Waals surface area contributed by atoms with Crippen molar-refractivity contribution in [2.75, 3.05) is 18.0 Å². The minimum Gasteiger partial charge on any atom is -0.393 e. The first-order valence-electron chi connectivity index (χ1n) is 6.30. The third-order valence-electron chi connectivity index (χ3n) is 3.49. The molecule has 17 heavy (non-hydrogen) atoms. The van der Waals surface area contributed by atoms with Crippen molar-refractivity contribution in [1.29, 1.82) is 0 Å². The lowest BCUT2D eigenvalue weighted by atomic mass is 9.91. The molecule has 0 saturated carbocycles. The standard InChI is InChI=1S/C14H20N2S/c1-11-8-10-16(9-4-7-14(15)17)13-6-3-2-5-12(11)13/h2-3,5-6,11H,4,7-10H2,1H3,(H2,15,17). The van der Waals surface area contributed by atoms with Gasteiger partial charge in [0.05, 0.1) is 4.99 Å². The van der Waals surface area contributed by atoms with Gasteiger partial charge in [-0.3, -0.25) is 0 Å². The quantitative estimate of drug-likeness (QED) is 0.830. The summed E-state index contributed by atoms with van der Waals surface area (Å²) in [7, 11) is 0. The topological polar surface area (TPSA) is 29.3 Å². The fourth-order valence-electron chi connectivity index (χ4n) is 2.49. The van der Waals surface area contributed by atoms with Crippen LogP contribution in [0.1, 0.15) is 37.7 Å². The number of hydrogen-bond donors (Lipinski definition) is 1. The predicted octanol–water partition coefficient (Wildman–Crippen LogP) is 3.07. The number of fused-ring (bicyclic) bond motifs is 1. The zero-order chi connectivity index (χ0) is 12.3. The highest BCUT2D eigenvalue weighted by Gasteiger charge is 2.20. The van der Waals surface area contributed by atoms with E-state index >= 15 is 0 Å². The number of hydrogen-bond acceptors (Lipinski definition) is 2. The Morgan fingerprint density at radius 1 is 1.47 bits per heavy atom. The zero-order valence-corrected chi connectivity index (χ0v) is 11.2. The molecule has 3 heteroatoms. The van der Waals surface area contributed by atoms with Crippen molar-refractivity contribution >= 4 is 22.9 Å². The first-order valence-corrected chi connectivity index (χ1v) is 6.71. The van der Waals surface area contributed by atoms with Crippen LogP contribution in [0.25, 0.3) is 0 Å². The molecule has 1 aromatic carbocycles. The molecule has 1 unspecified atom stereocenters. The van der Waals surface area contributed by atoms with E-state index in [9.17, 15) is 0 Å². The second kappa shape index (κ2) is 5.50. The number of nitrogens with two attached hydrogens (primary N) is 1. The van der Waals surface area contributed by atoms with E-state index in [4.69, 9.17) is 18.0 Å². The second-order valence-corrected chi connectivity index (χ2v) is 5.33. The van der Waals surface area contributed by atoms with Crippen molar-refractivity contribution in [3.05, 3.63) is 29.8 Å². The normalized spacial score (nSPS) is 18.9. The van der Waals surface area contributed by atoms with Crippen LogP contribution in [0, 0.1) is 0 Å². The van der Waals surface area contributed by atoms with Crippen molar-refractivity contribution in [1.82, 2.24) is 0 Å². The number of anilines is 1. The summed E-state index contributed by atoms with van der Waals surface area (Å²) in [6, 6.07) is 8.73. The molecule has 1 aliphatic heterocycles. The van der Waals surface area contributed by atoms with Crippen LogP contribution in [0.4, 0.5) is 5.69 Å². The molecule has 92 valence electrons. The molecule has 2 rings (SSSR count). The lowest BCUT2D eigenvalue weighted by Crippen LogP contribution is -2.31. The maximum atomic E-state index is 5.54. The van der Waals surface area contributed by atoms with Crippen molar-refractivity contribution in [3.63, 3.8) is 0 Å². The second-order valence-electron chi connectivity index (χ2n) is 4.81. The van der Waals surface area contributed by atoms with Gasteiger partial charge in [0.15, 0.2) is 0 Å². The van der Waals surface area contributed by atoms with Crippen molar-refractivity contribution in [2.45, 2.75) is 32.1 Å². The van der Waals surface area contributed by atoms with E-state index in [0.717, 1.165) is 25.9 Å². The van der Waals surface area contributed by atoms with E-state index in [0.29, 0.717) is 10.9 Å². The molecular weight excluding hydrogens is 228 g/mol. The lowest BCUT2D eigenvalue weighted by molar-refractivity contribution is 0.603. The first kappa shape index (κ1) is 12.4. The molecule has 0 aromatic heterocycles. The van der Waals surface area contributed by atoms with E-state index in [2.05, 4.69) is 36.1 Å². The average Bonchev–Trinajstić information content (AvgIpc) is 2.32. The molecule has 1 heterocycles. The van der Waals surface area contributed by atoms with Gasteiger partial charge in [0, 0.05) is 18.8 Å². The molecular formula is C14H20N2S. The van der Waals surface area contributed by atoms with E-state index in [1.807, 2.05) is 0 Å². The Labute approximate surface area is 109 Å². The number of nitrogens with zero attached hydrogens (tertiary/aromatic N) is 1. The summed E-state index contributed by atoms with van der Waals surface area (Å²) in [6.07, 6.45) is 3.14. The van der Waals surface area contributed by atoms with Gasteiger partial charge in [-0.25, -0.2) is 0 Å². The molecule has 1 atom stereocenters. The van der Waals surface area contributed by atoms with Gasteiger partial charge in [-0.2, -0.15) is 0 Å². The molecule has 2 N–H and O–H groups in total. The van der Waals surface area contributed by atoms with Gasteiger partial charge >= 0.3 is 0 Å². The Morgan fingerprint density at radius 3 is 3.00 bits per heavy atom. The fourth-order valence-corrected chi connectivity index (χ4v) is 2.64. The fraction of sp³-hybridized carbons (Fsp3) is 0.500. The van der Waals surface area contributed by atoms with Crippen LogP contribution in [0.15, 0.2) is 24.3 Å². The lowest BCUT2D eigenvalue weighted by Gasteiger charge is -2.34. The molecule has 1 aliphatic rings. The highest BCUT2D eigenvalue weighted by Crippen LogP contribution is 2.34. The van der Waals surface area contributed by atoms with Gasteiger partial charge in [-0.05, 0) is 36.8 Å². The summed E-state index contributed by atoms with van der Waals surface area (Å²) in [5.41, 5.74) is 8.42. The van der Waals surface area contributed by atoms with Crippen LogP contribution in [-0.2, 0) is 0 Å². The molecule has 0 spiro atoms. The van der Waals surface area contributed by atoms with Gasteiger partial charge in [0.25, 0.3) is 0 Å². The van der Waals surface area contributed by atoms with E-state index in [-0.39, 0.29) is 0 Å². The number of thiocarbonyl (C=S) groups is 1. The Morgan fingerprint density at radius 2 is 2.24 bits per heavy atom. The zero-order valence-electron chi connectivity index (χ0n) is 10.4. The maximum absolute atomic E-state index is 5.54. The summed E-state index contributed by atoms with van der Waals surface area (Å²) < 4.78 is 0. The highest BCUT2D eigenvalue weighted by atomic mass is 32.1. The largest absolute Gasteiger partial charge is 0.393 e. The molecule has 2 nitrogen and oxygen atoms in total. The average molecular weight is 248 g/mol. The third-order valence-corrected chi connectivity index (χ3v) is 3.70. The number of para-hydroxylation sites is 1. The summed E-state index contributed by atoms with van der Waals surface area (Å²) in [5, 5.41) is 0. The predicted molar refractivity (Wildman–Crippen MR) is 77.7 cm³/mol. The molecule has 0 bridgehead atoms. The van der Waals surface area contributed by atoms with Gasteiger partial charge in [0.2, 0.25) is 0 Å². The van der Waals surface area contributed by atoms with Crippen LogP contribution >= 0.6 is 12.2 Å². The Bertz CT molecular complexity index is 403. The minimum atomic E-state index is 0.628. The third kappa shape index (κ3) is 2.97. The maximum Gasteiger partial charge on any atom is 0.0728 e. The van der Waals surface area contributed by atoms with Gasteiger partial charge < -0.3 is 10.6 Å². The summed E-state index contributed by atoms with van der Waals surface area (Å²) in [6.45, 7) is 4.52. The Balaban J connectivity index is 2.05. The molecule has 0 saturated heterocycles. The van der Waals surface area contributed by atoms with Crippen LogP contribution in [-0.4, -0.2) is 18.1 Å². The molecule has 1 aromatic rings. The van der Waals surface area contributed by atoms with Crippen LogP contribution in [0.2, 0.25) is 0 Å². The van der Waals surface area contributed by atoms with Crippen LogP contribution in [0.5, 0.6) is 0 Å². The SMILES string of the molecule is CC1CCN(CCCC(N)=S)c2ccccc21. The van der Waals surface area contributed by atoms with E-state index < -0.39 is 0 Å². The van der Waals surface area contributed by atoms with Gasteiger partial charge in [-0.1, -0.05) is 37.3 Å². The smallest absolute Gasteiger partial charge is 0.0728 e. The summed E-state index contributed by atoms with van der Waals surface area (Å²) >= 11 is 4.92. The van der Waals surface area contributed by atoms with E-state index in [1.165, 1.54) is 17.7 Å². The first-order chi connectivity index (χ1) is 8.18. The number of rotatable bonds is 4. The Kier molecular flexibility index (Phi) is 4.00.